The highest BCUT2D eigenvalue weighted by Crippen LogP contribution is 2.38. The van der Waals surface area contributed by atoms with Crippen LogP contribution in [0.1, 0.15) is 36.7 Å². The zero-order valence-electron chi connectivity index (χ0n) is 15.4. The van der Waals surface area contributed by atoms with Gasteiger partial charge in [0.1, 0.15) is 5.82 Å². The molecule has 1 saturated carbocycles. The van der Waals surface area contributed by atoms with Gasteiger partial charge in [-0.25, -0.2) is 0 Å². The Morgan fingerprint density at radius 2 is 1.86 bits per heavy atom. The van der Waals surface area contributed by atoms with Gasteiger partial charge in [0, 0.05) is 31.0 Å². The summed E-state index contributed by atoms with van der Waals surface area (Å²) >= 11 is 0. The van der Waals surface area contributed by atoms with Crippen LogP contribution in [0.5, 0.6) is 5.88 Å². The number of rotatable bonds is 5. The van der Waals surface area contributed by atoms with E-state index in [1.807, 2.05) is 17.0 Å². The van der Waals surface area contributed by atoms with Gasteiger partial charge >= 0.3 is 6.18 Å². The molecule has 0 spiro atoms. The van der Waals surface area contributed by atoms with Crippen molar-refractivity contribution in [3.8, 4) is 5.88 Å². The molecule has 5 rings (SSSR count). The van der Waals surface area contributed by atoms with Crippen LogP contribution in [0.25, 0.3) is 5.65 Å². The lowest BCUT2D eigenvalue weighted by atomic mass is 10.1. The molecule has 1 saturated heterocycles. The molecule has 1 aliphatic heterocycles. The maximum absolute atomic E-state index is 13.1. The first-order valence-electron chi connectivity index (χ1n) is 9.48. The normalized spacial score (nSPS) is 19.8. The Kier molecular flexibility index (Phi) is 4.25. The minimum Gasteiger partial charge on any atom is -0.476 e. The predicted octanol–water partition coefficient (Wildman–Crippen LogP) is 2.72. The van der Waals surface area contributed by atoms with Crippen LogP contribution in [0.15, 0.2) is 24.3 Å². The van der Waals surface area contributed by atoms with Gasteiger partial charge in [-0.3, -0.25) is 0 Å². The highest BCUT2D eigenvalue weighted by atomic mass is 19.4. The third kappa shape index (κ3) is 3.68. The maximum Gasteiger partial charge on any atom is 0.453 e. The maximum atomic E-state index is 13.1. The molecule has 0 radical (unpaired) electrons. The Bertz CT molecular complexity index is 1020. The van der Waals surface area contributed by atoms with Crippen molar-refractivity contribution in [2.75, 3.05) is 24.6 Å². The fourth-order valence-electron chi connectivity index (χ4n) is 3.51. The molecule has 0 amide bonds. The van der Waals surface area contributed by atoms with Crippen molar-refractivity contribution in [1.29, 1.82) is 0 Å². The van der Waals surface area contributed by atoms with E-state index in [4.69, 9.17) is 4.74 Å². The Labute approximate surface area is 163 Å². The number of hydrogen-bond donors (Lipinski definition) is 0. The molecule has 29 heavy (non-hydrogen) atoms. The molecule has 8 nitrogen and oxygen atoms in total. The number of ether oxygens (including phenoxy) is 1. The third-order valence-corrected chi connectivity index (χ3v) is 5.24. The van der Waals surface area contributed by atoms with E-state index in [2.05, 4.69) is 25.5 Å². The quantitative estimate of drug-likeness (QED) is 0.646. The first kappa shape index (κ1) is 18.1. The number of halogens is 3. The van der Waals surface area contributed by atoms with E-state index in [1.165, 1.54) is 18.9 Å². The molecule has 3 aromatic rings. The molecule has 11 heteroatoms. The lowest BCUT2D eigenvalue weighted by molar-refractivity contribution is -0.146. The number of anilines is 1. The highest BCUT2D eigenvalue weighted by molar-refractivity contribution is 5.46. The predicted molar refractivity (Wildman–Crippen MR) is 95.6 cm³/mol. The monoisotopic (exact) mass is 405 g/mol. The fourth-order valence-corrected chi connectivity index (χ4v) is 3.51. The van der Waals surface area contributed by atoms with E-state index in [0.29, 0.717) is 37.3 Å². The molecule has 1 aliphatic carbocycles. The van der Waals surface area contributed by atoms with Crippen LogP contribution in [-0.4, -0.2) is 49.7 Å². The van der Waals surface area contributed by atoms with Gasteiger partial charge in [0.05, 0.1) is 12.3 Å². The average Bonchev–Trinajstić information content (AvgIpc) is 3.28. The van der Waals surface area contributed by atoms with Gasteiger partial charge in [-0.15, -0.1) is 20.4 Å². The van der Waals surface area contributed by atoms with Crippen LogP contribution >= 0.6 is 0 Å². The number of hydrogen-bond acceptors (Lipinski definition) is 7. The van der Waals surface area contributed by atoms with E-state index in [-0.39, 0.29) is 11.6 Å². The summed E-state index contributed by atoms with van der Waals surface area (Å²) in [5, 5.41) is 19.2. The van der Waals surface area contributed by atoms with E-state index in [1.54, 1.807) is 6.07 Å². The zero-order valence-corrected chi connectivity index (χ0v) is 15.4. The lowest BCUT2D eigenvalue weighted by Gasteiger charge is -2.17. The number of aromatic nitrogens is 6. The number of fused-ring (bicyclic) bond motifs is 1. The van der Waals surface area contributed by atoms with E-state index >= 15 is 0 Å². The molecule has 0 aromatic carbocycles. The van der Waals surface area contributed by atoms with E-state index < -0.39 is 12.0 Å². The highest BCUT2D eigenvalue weighted by Gasteiger charge is 2.38. The summed E-state index contributed by atoms with van der Waals surface area (Å²) in [4.78, 5) is 1.94. The first-order valence-corrected chi connectivity index (χ1v) is 9.48. The van der Waals surface area contributed by atoms with Gasteiger partial charge in [0.2, 0.25) is 5.88 Å². The second kappa shape index (κ2) is 6.82. The van der Waals surface area contributed by atoms with Crippen LogP contribution in [0.3, 0.4) is 0 Å². The van der Waals surface area contributed by atoms with Gasteiger partial charge < -0.3 is 9.64 Å². The Balaban J connectivity index is 1.23. The van der Waals surface area contributed by atoms with Gasteiger partial charge in [0.15, 0.2) is 5.65 Å². The summed E-state index contributed by atoms with van der Waals surface area (Å²) in [5.41, 5.74) is 1.08. The summed E-state index contributed by atoms with van der Waals surface area (Å²) < 4.78 is 45.7. The van der Waals surface area contributed by atoms with Crippen LogP contribution in [-0.2, 0) is 6.18 Å². The van der Waals surface area contributed by atoms with E-state index in [0.717, 1.165) is 16.6 Å². The van der Waals surface area contributed by atoms with Crippen LogP contribution in [0.2, 0.25) is 0 Å². The van der Waals surface area contributed by atoms with Crippen molar-refractivity contribution < 1.29 is 17.9 Å². The van der Waals surface area contributed by atoms with Crippen molar-refractivity contribution in [3.63, 3.8) is 0 Å². The fraction of sp³-hybridized carbons (Fsp3) is 0.500. The van der Waals surface area contributed by atoms with Crippen molar-refractivity contribution in [2.24, 2.45) is 5.92 Å². The molecule has 1 unspecified atom stereocenters. The minimum atomic E-state index is -4.61. The molecule has 152 valence electrons. The second-order valence-electron chi connectivity index (χ2n) is 7.47. The van der Waals surface area contributed by atoms with Gasteiger partial charge in [-0.1, -0.05) is 0 Å². The summed E-state index contributed by atoms with van der Waals surface area (Å²) in [7, 11) is 0. The molecule has 2 aliphatic rings. The third-order valence-electron chi connectivity index (χ3n) is 5.24. The summed E-state index contributed by atoms with van der Waals surface area (Å²) in [5.74, 6) is 0.598. The van der Waals surface area contributed by atoms with Gasteiger partial charge in [0.25, 0.3) is 5.82 Å². The van der Waals surface area contributed by atoms with Crippen molar-refractivity contribution in [3.05, 3.63) is 35.8 Å². The zero-order chi connectivity index (χ0) is 20.0. The van der Waals surface area contributed by atoms with E-state index in [9.17, 15) is 13.2 Å². The van der Waals surface area contributed by atoms with Crippen molar-refractivity contribution >= 4 is 11.5 Å². The molecule has 3 aromatic heterocycles. The van der Waals surface area contributed by atoms with Crippen molar-refractivity contribution in [2.45, 2.75) is 31.4 Å². The number of alkyl halides is 3. The van der Waals surface area contributed by atoms with Crippen LogP contribution < -0.4 is 9.64 Å². The second-order valence-corrected chi connectivity index (χ2v) is 7.47. The van der Waals surface area contributed by atoms with Crippen LogP contribution in [0.4, 0.5) is 19.0 Å². The minimum absolute atomic E-state index is 0.0633. The molecule has 1 atom stereocenters. The Morgan fingerprint density at radius 3 is 2.59 bits per heavy atom. The molecular weight excluding hydrogens is 387 g/mol. The first-order chi connectivity index (χ1) is 14.0. The smallest absolute Gasteiger partial charge is 0.453 e. The Morgan fingerprint density at radius 1 is 1.00 bits per heavy atom. The van der Waals surface area contributed by atoms with Gasteiger partial charge in [-0.05, 0) is 37.5 Å². The molecule has 0 bridgehead atoms. The lowest BCUT2D eigenvalue weighted by Crippen LogP contribution is -2.24. The topological polar surface area (TPSA) is 81.3 Å². The summed E-state index contributed by atoms with van der Waals surface area (Å²) in [6.07, 6.45) is -1.41. The molecular formula is C18H18F3N7O. The standard InChI is InChI=1S/C18H18F3N7O/c19-18(20,21)17-25-23-14-4-5-15(26-28(14)17)27-8-7-11(9-27)10-29-16-6-3-13(22-24-16)12-1-2-12/h3-6,11-12H,1-2,7-10H2. The SMILES string of the molecule is FC(F)(F)c1nnc2ccc(N3CCC(COc4ccc(C5CC5)nn4)C3)nn12. The summed E-state index contributed by atoms with van der Waals surface area (Å²) in [6.45, 7) is 1.79. The molecule has 2 fully saturated rings. The Hall–Kier alpha value is -2.98. The van der Waals surface area contributed by atoms with Crippen molar-refractivity contribution in [1.82, 2.24) is 30.0 Å². The molecule has 0 N–H and O–H groups in total. The molecule has 4 heterocycles. The summed E-state index contributed by atoms with van der Waals surface area (Å²) in [6, 6.07) is 6.95. The number of nitrogens with zero attached hydrogens (tertiary/aromatic N) is 7. The van der Waals surface area contributed by atoms with Crippen LogP contribution in [0, 0.1) is 5.92 Å². The largest absolute Gasteiger partial charge is 0.476 e. The average molecular weight is 405 g/mol. The van der Waals surface area contributed by atoms with Gasteiger partial charge in [-0.2, -0.15) is 22.8 Å².